The van der Waals surface area contributed by atoms with Crippen LogP contribution in [0.25, 0.3) is 0 Å². The summed E-state index contributed by atoms with van der Waals surface area (Å²) in [6, 6.07) is 0.179. The molecule has 17 heavy (non-hydrogen) atoms. The quantitative estimate of drug-likeness (QED) is 0.690. The molecule has 1 aliphatic rings. The normalized spacial score (nSPS) is 24.7. The van der Waals surface area contributed by atoms with Gasteiger partial charge in [0.05, 0.1) is 6.10 Å². The van der Waals surface area contributed by atoms with E-state index >= 15 is 0 Å². The first-order chi connectivity index (χ1) is 8.15. The molecule has 4 nitrogen and oxygen atoms in total. The lowest BCUT2D eigenvalue weighted by Gasteiger charge is -2.26. The fourth-order valence-corrected chi connectivity index (χ4v) is 2.27. The second-order valence-electron chi connectivity index (χ2n) is 5.04. The van der Waals surface area contributed by atoms with Crippen molar-refractivity contribution in [1.29, 1.82) is 0 Å². The molecule has 4 heteroatoms. The molecule has 3 N–H and O–H groups in total. The zero-order valence-electron chi connectivity index (χ0n) is 11.0. The molecule has 100 valence electrons. The van der Waals surface area contributed by atoms with E-state index in [9.17, 15) is 9.90 Å². The van der Waals surface area contributed by atoms with Crippen molar-refractivity contribution in [3.8, 4) is 0 Å². The predicted octanol–water partition coefficient (Wildman–Crippen LogP) is 2.03. The highest BCUT2D eigenvalue weighted by Crippen LogP contribution is 2.18. The molecule has 0 unspecified atom stereocenters. The summed E-state index contributed by atoms with van der Waals surface area (Å²) in [7, 11) is 0. The molecule has 0 saturated heterocycles. The molecule has 1 fully saturated rings. The number of hydrogen-bond donors (Lipinski definition) is 3. The smallest absolute Gasteiger partial charge is 0.315 e. The van der Waals surface area contributed by atoms with Crippen LogP contribution in [0, 0.1) is 5.92 Å². The Morgan fingerprint density at radius 3 is 2.35 bits per heavy atom. The number of rotatable bonds is 5. The second kappa shape index (κ2) is 7.54. The molecular formula is C13H26N2O2. The van der Waals surface area contributed by atoms with Crippen LogP contribution in [-0.4, -0.2) is 29.8 Å². The van der Waals surface area contributed by atoms with Crippen LogP contribution in [0.4, 0.5) is 4.79 Å². The average Bonchev–Trinajstić information content (AvgIpc) is 2.33. The number of aliphatic hydroxyl groups is 1. The van der Waals surface area contributed by atoms with E-state index in [0.29, 0.717) is 5.92 Å². The van der Waals surface area contributed by atoms with E-state index in [2.05, 4.69) is 24.5 Å². The van der Waals surface area contributed by atoms with Crippen LogP contribution >= 0.6 is 0 Å². The van der Waals surface area contributed by atoms with Crippen LogP contribution in [-0.2, 0) is 0 Å². The molecule has 0 aliphatic heterocycles. The van der Waals surface area contributed by atoms with Crippen molar-refractivity contribution in [2.45, 2.75) is 64.5 Å². The minimum atomic E-state index is -0.166. The van der Waals surface area contributed by atoms with Gasteiger partial charge in [-0.05, 0) is 31.6 Å². The lowest BCUT2D eigenvalue weighted by molar-refractivity contribution is 0.117. The SMILES string of the molecule is CCC(CC)CNC(=O)NC1CCC(O)CC1. The number of hydrogen-bond acceptors (Lipinski definition) is 2. The van der Waals surface area contributed by atoms with Gasteiger partial charge < -0.3 is 15.7 Å². The van der Waals surface area contributed by atoms with Gasteiger partial charge in [0.15, 0.2) is 0 Å². The largest absolute Gasteiger partial charge is 0.393 e. The Bertz CT molecular complexity index is 221. The second-order valence-corrected chi connectivity index (χ2v) is 5.04. The van der Waals surface area contributed by atoms with Gasteiger partial charge in [-0.1, -0.05) is 26.7 Å². The summed E-state index contributed by atoms with van der Waals surface area (Å²) in [4.78, 5) is 11.6. The predicted molar refractivity (Wildman–Crippen MR) is 68.9 cm³/mol. The van der Waals surface area contributed by atoms with Crippen LogP contribution in [0.2, 0.25) is 0 Å². The van der Waals surface area contributed by atoms with E-state index in [1.165, 1.54) is 0 Å². The molecule has 0 bridgehead atoms. The van der Waals surface area contributed by atoms with E-state index in [4.69, 9.17) is 0 Å². The monoisotopic (exact) mass is 242 g/mol. The molecule has 0 aromatic carbocycles. The number of amides is 2. The van der Waals surface area contributed by atoms with Gasteiger partial charge in [0.2, 0.25) is 0 Å². The highest BCUT2D eigenvalue weighted by atomic mass is 16.3. The third kappa shape index (κ3) is 5.39. The maximum atomic E-state index is 11.6. The van der Waals surface area contributed by atoms with Crippen molar-refractivity contribution in [3.05, 3.63) is 0 Å². The summed E-state index contributed by atoms with van der Waals surface area (Å²) in [5, 5.41) is 15.3. The lowest BCUT2D eigenvalue weighted by Crippen LogP contribution is -2.45. The van der Waals surface area contributed by atoms with Gasteiger partial charge in [0.25, 0.3) is 0 Å². The molecule has 1 rings (SSSR count). The minimum absolute atomic E-state index is 0.0571. The maximum Gasteiger partial charge on any atom is 0.315 e. The number of urea groups is 1. The Labute approximate surface area is 104 Å². The van der Waals surface area contributed by atoms with Gasteiger partial charge in [0.1, 0.15) is 0 Å². The van der Waals surface area contributed by atoms with Gasteiger partial charge in [0, 0.05) is 12.6 Å². The van der Waals surface area contributed by atoms with Crippen LogP contribution in [0.15, 0.2) is 0 Å². The Hall–Kier alpha value is -0.770. The van der Waals surface area contributed by atoms with E-state index in [1.807, 2.05) is 0 Å². The third-order valence-electron chi connectivity index (χ3n) is 3.74. The van der Waals surface area contributed by atoms with E-state index < -0.39 is 0 Å². The lowest BCUT2D eigenvalue weighted by atomic mass is 9.93. The molecule has 1 saturated carbocycles. The molecule has 0 aromatic rings. The van der Waals surface area contributed by atoms with Crippen LogP contribution < -0.4 is 10.6 Å². The van der Waals surface area contributed by atoms with Gasteiger partial charge in [-0.15, -0.1) is 0 Å². The van der Waals surface area contributed by atoms with Crippen molar-refractivity contribution < 1.29 is 9.90 Å². The van der Waals surface area contributed by atoms with Crippen LogP contribution in [0.3, 0.4) is 0 Å². The summed E-state index contributed by atoms with van der Waals surface area (Å²) < 4.78 is 0. The highest BCUT2D eigenvalue weighted by Gasteiger charge is 2.20. The third-order valence-corrected chi connectivity index (χ3v) is 3.74. The fraction of sp³-hybridized carbons (Fsp3) is 0.923. The summed E-state index contributed by atoms with van der Waals surface area (Å²) >= 11 is 0. The summed E-state index contributed by atoms with van der Waals surface area (Å²) in [6.45, 7) is 5.06. The molecule has 2 amide bonds. The first kappa shape index (κ1) is 14.3. The number of carbonyl (C=O) groups excluding carboxylic acids is 1. The molecule has 0 heterocycles. The van der Waals surface area contributed by atoms with Crippen molar-refractivity contribution >= 4 is 6.03 Å². The number of carbonyl (C=O) groups is 1. The van der Waals surface area contributed by atoms with Gasteiger partial charge in [-0.2, -0.15) is 0 Å². The van der Waals surface area contributed by atoms with Crippen LogP contribution in [0.5, 0.6) is 0 Å². The summed E-state index contributed by atoms with van der Waals surface area (Å²) in [5.74, 6) is 0.578. The molecular weight excluding hydrogens is 216 g/mol. The van der Waals surface area contributed by atoms with E-state index in [1.54, 1.807) is 0 Å². The van der Waals surface area contributed by atoms with Gasteiger partial charge >= 0.3 is 6.03 Å². The number of nitrogens with one attached hydrogen (secondary N) is 2. The summed E-state index contributed by atoms with van der Waals surface area (Å²) in [5.41, 5.74) is 0. The van der Waals surface area contributed by atoms with Crippen molar-refractivity contribution in [2.24, 2.45) is 5.92 Å². The Kier molecular flexibility index (Phi) is 6.34. The standard InChI is InChI=1S/C13H26N2O2/c1-3-10(4-2)9-14-13(17)15-11-5-7-12(16)8-6-11/h10-12,16H,3-9H2,1-2H3,(H2,14,15,17). The molecule has 0 radical (unpaired) electrons. The first-order valence-electron chi connectivity index (χ1n) is 6.88. The fourth-order valence-electron chi connectivity index (χ4n) is 2.27. The first-order valence-corrected chi connectivity index (χ1v) is 6.88. The Balaban J connectivity index is 2.16. The van der Waals surface area contributed by atoms with E-state index in [-0.39, 0.29) is 18.2 Å². The van der Waals surface area contributed by atoms with Crippen LogP contribution in [0.1, 0.15) is 52.4 Å². The molecule has 0 atom stereocenters. The van der Waals surface area contributed by atoms with E-state index in [0.717, 1.165) is 45.1 Å². The number of aliphatic hydroxyl groups excluding tert-OH is 1. The molecule has 0 aromatic heterocycles. The average molecular weight is 242 g/mol. The Morgan fingerprint density at radius 2 is 1.82 bits per heavy atom. The van der Waals surface area contributed by atoms with Crippen molar-refractivity contribution in [1.82, 2.24) is 10.6 Å². The maximum absolute atomic E-state index is 11.6. The molecule has 1 aliphatic carbocycles. The zero-order valence-corrected chi connectivity index (χ0v) is 11.0. The van der Waals surface area contributed by atoms with Gasteiger partial charge in [-0.3, -0.25) is 0 Å². The Morgan fingerprint density at radius 1 is 1.24 bits per heavy atom. The topological polar surface area (TPSA) is 61.4 Å². The zero-order chi connectivity index (χ0) is 12.7. The van der Waals surface area contributed by atoms with Gasteiger partial charge in [-0.25, -0.2) is 4.79 Å². The minimum Gasteiger partial charge on any atom is -0.393 e. The van der Waals surface area contributed by atoms with Crippen molar-refractivity contribution in [2.75, 3.05) is 6.54 Å². The highest BCUT2D eigenvalue weighted by molar-refractivity contribution is 5.74. The van der Waals surface area contributed by atoms with Crippen molar-refractivity contribution in [3.63, 3.8) is 0 Å². The molecule has 0 spiro atoms. The summed E-state index contributed by atoms with van der Waals surface area (Å²) in [6.07, 6.45) is 5.42.